The number of pyridine rings is 1. The molecule has 0 radical (unpaired) electrons. The second-order valence-electron chi connectivity index (χ2n) is 9.40. The lowest BCUT2D eigenvalue weighted by Gasteiger charge is -2.29. The zero-order valence-corrected chi connectivity index (χ0v) is 21.8. The third-order valence-electron chi connectivity index (χ3n) is 6.89. The molecular formula is C25H29F2N5O5S. The molecule has 0 aliphatic carbocycles. The van der Waals surface area contributed by atoms with Crippen molar-refractivity contribution >= 4 is 27.5 Å². The lowest BCUT2D eigenvalue weighted by atomic mass is 10.0. The first-order chi connectivity index (χ1) is 18.2. The van der Waals surface area contributed by atoms with E-state index in [0.29, 0.717) is 42.3 Å². The van der Waals surface area contributed by atoms with E-state index in [4.69, 9.17) is 9.47 Å². The van der Waals surface area contributed by atoms with Gasteiger partial charge in [0.2, 0.25) is 0 Å². The number of carbonyl (C=O) groups excluding carboxylic acids is 1. The van der Waals surface area contributed by atoms with Crippen LogP contribution in [0.2, 0.25) is 0 Å². The molecule has 2 aliphatic rings. The molecule has 2 aliphatic heterocycles. The molecule has 2 saturated heterocycles. The van der Waals surface area contributed by atoms with Crippen LogP contribution in [0.5, 0.6) is 5.75 Å². The number of benzene rings is 1. The maximum Gasteiger partial charge on any atom is 0.303 e. The van der Waals surface area contributed by atoms with Crippen LogP contribution in [-0.4, -0.2) is 73.6 Å². The zero-order chi connectivity index (χ0) is 27.0. The summed E-state index contributed by atoms with van der Waals surface area (Å²) >= 11 is 0. The number of ether oxygens (including phenoxy) is 2. The van der Waals surface area contributed by atoms with Crippen molar-refractivity contribution in [3.8, 4) is 5.75 Å². The number of fused-ring (bicyclic) bond motifs is 1. The molecule has 3 atom stereocenters. The van der Waals surface area contributed by atoms with Gasteiger partial charge in [-0.3, -0.25) is 9.20 Å². The Morgan fingerprint density at radius 2 is 2.13 bits per heavy atom. The third-order valence-corrected chi connectivity index (χ3v) is 8.42. The smallest absolute Gasteiger partial charge is 0.303 e. The van der Waals surface area contributed by atoms with Gasteiger partial charge in [-0.05, 0) is 30.3 Å². The first kappa shape index (κ1) is 26.3. The molecule has 5 rings (SSSR count). The minimum Gasteiger partial charge on any atom is -0.488 e. The fourth-order valence-corrected chi connectivity index (χ4v) is 5.60. The molecule has 2 fully saturated rings. The predicted molar refractivity (Wildman–Crippen MR) is 136 cm³/mol. The molecule has 1 amide bonds. The SMILES string of the molecule is CCN(C)S(=O)(=O)NC(=O)c1cnc2ccc(N3C[C@H](F)C[C@H]3c3cc(F)ccc3OC3CCOC3)cn12. The third kappa shape index (κ3) is 5.18. The molecule has 204 valence electrons. The number of nitrogens with one attached hydrogen (secondary N) is 1. The van der Waals surface area contributed by atoms with Crippen LogP contribution < -0.4 is 14.4 Å². The van der Waals surface area contributed by atoms with Gasteiger partial charge in [0.1, 0.15) is 35.2 Å². The number of hydrogen-bond donors (Lipinski definition) is 1. The molecule has 3 aromatic rings. The Kier molecular flexibility index (Phi) is 7.25. The maximum absolute atomic E-state index is 14.8. The molecule has 1 N–H and O–H groups in total. The molecular weight excluding hydrogens is 520 g/mol. The fraction of sp³-hybridized carbons (Fsp3) is 0.440. The Hall–Kier alpha value is -3.29. The number of alkyl halides is 1. The standard InChI is InChI=1S/C25H29F2N5O5S/c1-3-30(2)38(34,35)29-25(33)22-12-28-24-7-5-18(14-32(22)24)31-13-17(27)11-21(31)20-10-16(26)4-6-23(20)37-19-8-9-36-15-19/h4-7,10,12,14,17,19,21H,3,8-9,11,13,15H2,1-2H3,(H,29,33)/t17-,19?,21+/m1/s1. The largest absolute Gasteiger partial charge is 0.488 e. The van der Waals surface area contributed by atoms with E-state index in [9.17, 15) is 22.0 Å². The lowest BCUT2D eigenvalue weighted by molar-refractivity contribution is 0.0973. The second-order valence-corrected chi connectivity index (χ2v) is 11.2. The van der Waals surface area contributed by atoms with Crippen molar-refractivity contribution in [1.29, 1.82) is 0 Å². The van der Waals surface area contributed by atoms with E-state index >= 15 is 0 Å². The van der Waals surface area contributed by atoms with Crippen molar-refractivity contribution in [1.82, 2.24) is 18.4 Å². The van der Waals surface area contributed by atoms with Gasteiger partial charge in [-0.15, -0.1) is 0 Å². The van der Waals surface area contributed by atoms with Crippen molar-refractivity contribution < 1.29 is 31.5 Å². The first-order valence-corrected chi connectivity index (χ1v) is 13.8. The number of amides is 1. The van der Waals surface area contributed by atoms with E-state index < -0.39 is 34.1 Å². The molecule has 13 heteroatoms. The van der Waals surface area contributed by atoms with Crippen molar-refractivity contribution in [2.24, 2.45) is 0 Å². The number of nitrogens with zero attached hydrogens (tertiary/aromatic N) is 4. The quantitative estimate of drug-likeness (QED) is 0.461. The van der Waals surface area contributed by atoms with Gasteiger partial charge in [0.05, 0.1) is 31.1 Å². The Morgan fingerprint density at radius 1 is 1.32 bits per heavy atom. The van der Waals surface area contributed by atoms with Gasteiger partial charge < -0.3 is 14.4 Å². The highest BCUT2D eigenvalue weighted by atomic mass is 32.2. The minimum atomic E-state index is -4.03. The Bertz CT molecular complexity index is 1440. The number of carbonyl (C=O) groups is 1. The predicted octanol–water partition coefficient (Wildman–Crippen LogP) is 2.86. The average molecular weight is 550 g/mol. The van der Waals surface area contributed by atoms with Gasteiger partial charge in [0.25, 0.3) is 5.91 Å². The highest BCUT2D eigenvalue weighted by Crippen LogP contribution is 2.42. The Labute approximate surface area is 219 Å². The molecule has 4 heterocycles. The molecule has 38 heavy (non-hydrogen) atoms. The molecule has 2 aromatic heterocycles. The van der Waals surface area contributed by atoms with Crippen molar-refractivity contribution in [3.63, 3.8) is 0 Å². The van der Waals surface area contributed by atoms with E-state index in [1.54, 1.807) is 36.2 Å². The summed E-state index contributed by atoms with van der Waals surface area (Å²) in [6.07, 6.45) is 2.37. The molecule has 0 bridgehead atoms. The van der Waals surface area contributed by atoms with Crippen LogP contribution in [0.25, 0.3) is 5.65 Å². The summed E-state index contributed by atoms with van der Waals surface area (Å²) in [6, 6.07) is 7.09. The maximum atomic E-state index is 14.8. The number of halogens is 2. The van der Waals surface area contributed by atoms with Crippen LogP contribution in [0.1, 0.15) is 41.9 Å². The lowest BCUT2D eigenvalue weighted by Crippen LogP contribution is -2.41. The Morgan fingerprint density at radius 3 is 2.87 bits per heavy atom. The van der Waals surface area contributed by atoms with Gasteiger partial charge in [0.15, 0.2) is 0 Å². The summed E-state index contributed by atoms with van der Waals surface area (Å²) in [7, 11) is -2.67. The van der Waals surface area contributed by atoms with Gasteiger partial charge in [0, 0.05) is 44.7 Å². The summed E-state index contributed by atoms with van der Waals surface area (Å²) < 4.78 is 69.9. The zero-order valence-electron chi connectivity index (χ0n) is 21.0. The second kappa shape index (κ2) is 10.5. The summed E-state index contributed by atoms with van der Waals surface area (Å²) in [4.78, 5) is 18.8. The van der Waals surface area contributed by atoms with Crippen LogP contribution in [0, 0.1) is 5.82 Å². The monoisotopic (exact) mass is 549 g/mol. The number of aromatic nitrogens is 2. The van der Waals surface area contributed by atoms with Crippen LogP contribution in [0.4, 0.5) is 14.5 Å². The van der Waals surface area contributed by atoms with Crippen LogP contribution >= 0.6 is 0 Å². The highest BCUT2D eigenvalue weighted by Gasteiger charge is 2.36. The normalized spacial score (nSPS) is 21.9. The van der Waals surface area contributed by atoms with E-state index in [1.165, 1.54) is 29.8 Å². The van der Waals surface area contributed by atoms with Gasteiger partial charge in [-0.1, -0.05) is 6.92 Å². The van der Waals surface area contributed by atoms with Gasteiger partial charge >= 0.3 is 10.2 Å². The van der Waals surface area contributed by atoms with Crippen LogP contribution in [0.15, 0.2) is 42.7 Å². The summed E-state index contributed by atoms with van der Waals surface area (Å²) in [5.41, 5.74) is 1.49. The highest BCUT2D eigenvalue weighted by molar-refractivity contribution is 7.87. The van der Waals surface area contributed by atoms with Crippen molar-refractivity contribution in [2.75, 3.05) is 38.3 Å². The summed E-state index contributed by atoms with van der Waals surface area (Å²) in [5, 5.41) is 0. The molecule has 10 nitrogen and oxygen atoms in total. The Balaban J connectivity index is 1.48. The van der Waals surface area contributed by atoms with Gasteiger partial charge in [-0.2, -0.15) is 12.7 Å². The van der Waals surface area contributed by atoms with E-state index in [2.05, 4.69) is 4.98 Å². The summed E-state index contributed by atoms with van der Waals surface area (Å²) in [5.74, 6) is -0.838. The molecule has 0 saturated carbocycles. The number of rotatable bonds is 8. The topological polar surface area (TPSA) is 105 Å². The molecule has 1 aromatic carbocycles. The number of anilines is 1. The van der Waals surface area contributed by atoms with E-state index in [1.807, 2.05) is 4.72 Å². The number of hydrogen-bond acceptors (Lipinski definition) is 7. The molecule has 1 unspecified atom stereocenters. The van der Waals surface area contributed by atoms with Crippen molar-refractivity contribution in [3.05, 3.63) is 59.8 Å². The van der Waals surface area contributed by atoms with E-state index in [0.717, 1.165) is 4.31 Å². The minimum absolute atomic E-state index is 0.00140. The van der Waals surface area contributed by atoms with Crippen LogP contribution in [0.3, 0.4) is 0 Å². The van der Waals surface area contributed by atoms with Crippen molar-refractivity contribution in [2.45, 2.75) is 38.1 Å². The number of imidazole rings is 1. The summed E-state index contributed by atoms with van der Waals surface area (Å²) in [6.45, 7) is 2.89. The average Bonchev–Trinajstić information content (AvgIpc) is 3.63. The first-order valence-electron chi connectivity index (χ1n) is 12.4. The van der Waals surface area contributed by atoms with E-state index in [-0.39, 0.29) is 31.3 Å². The fourth-order valence-electron chi connectivity index (χ4n) is 4.76. The van der Waals surface area contributed by atoms with Gasteiger partial charge in [-0.25, -0.2) is 18.5 Å². The molecule has 0 spiro atoms. The van der Waals surface area contributed by atoms with Crippen LogP contribution in [-0.2, 0) is 14.9 Å².